The zero-order chi connectivity index (χ0) is 23.2. The summed E-state index contributed by atoms with van der Waals surface area (Å²) < 4.78 is 10.7. The van der Waals surface area contributed by atoms with Crippen LogP contribution >= 0.6 is 0 Å². The average molecular weight is 455 g/mol. The standard InChI is InChI=1S/C24H30N4O5/c1-32-24(31)28-10-7-19(8-11-28)33-22-13-17(6-9-25-22)23(30)27-15-21(29)20-12-16-4-2-3-5-18(16)14-26-20/h2-6,9,13,19-21,26,29H,7-8,10-12,14-15H2,1H3,(H,27,30)/t20-,21+/m0/s1. The Kier molecular flexibility index (Phi) is 7.41. The second kappa shape index (κ2) is 10.6. The molecule has 2 aromatic rings. The third-order valence-electron chi connectivity index (χ3n) is 6.21. The highest BCUT2D eigenvalue weighted by atomic mass is 16.5. The van der Waals surface area contributed by atoms with Crippen LogP contribution in [0.5, 0.6) is 5.88 Å². The van der Waals surface area contributed by atoms with Gasteiger partial charge in [-0.3, -0.25) is 4.79 Å². The number of piperidine rings is 1. The molecule has 9 heteroatoms. The third-order valence-corrected chi connectivity index (χ3v) is 6.21. The summed E-state index contributed by atoms with van der Waals surface area (Å²) in [6.45, 7) is 1.95. The van der Waals surface area contributed by atoms with Crippen molar-refractivity contribution in [1.82, 2.24) is 20.5 Å². The minimum atomic E-state index is -0.708. The van der Waals surface area contributed by atoms with E-state index in [0.717, 1.165) is 6.42 Å². The molecule has 1 fully saturated rings. The second-order valence-electron chi connectivity index (χ2n) is 8.39. The monoisotopic (exact) mass is 454 g/mol. The van der Waals surface area contributed by atoms with Crippen LogP contribution in [-0.2, 0) is 17.7 Å². The predicted octanol–water partition coefficient (Wildman–Crippen LogP) is 1.50. The zero-order valence-corrected chi connectivity index (χ0v) is 18.7. The van der Waals surface area contributed by atoms with Gasteiger partial charge in [0, 0.05) is 62.9 Å². The molecule has 0 aliphatic carbocycles. The lowest BCUT2D eigenvalue weighted by molar-refractivity contribution is 0.0767. The van der Waals surface area contributed by atoms with Gasteiger partial charge in [-0.15, -0.1) is 0 Å². The number of amides is 2. The van der Waals surface area contributed by atoms with E-state index in [1.54, 1.807) is 17.0 Å². The van der Waals surface area contributed by atoms with Gasteiger partial charge in [-0.2, -0.15) is 0 Å². The zero-order valence-electron chi connectivity index (χ0n) is 18.7. The van der Waals surface area contributed by atoms with E-state index in [0.29, 0.717) is 43.9 Å². The highest BCUT2D eigenvalue weighted by Crippen LogP contribution is 2.20. The molecule has 176 valence electrons. The molecule has 3 N–H and O–H groups in total. The molecule has 2 atom stereocenters. The minimum Gasteiger partial charge on any atom is -0.474 e. The lowest BCUT2D eigenvalue weighted by Crippen LogP contribution is -2.49. The SMILES string of the molecule is COC(=O)N1CCC(Oc2cc(C(=O)NC[C@@H](O)[C@@H]3Cc4ccccc4CN3)ccn2)CC1. The predicted molar refractivity (Wildman–Crippen MR) is 121 cm³/mol. The number of pyridine rings is 1. The lowest BCUT2D eigenvalue weighted by atomic mass is 9.93. The Bertz CT molecular complexity index is 977. The van der Waals surface area contributed by atoms with Gasteiger partial charge in [0.05, 0.1) is 13.2 Å². The normalized spacial score (nSPS) is 19.3. The molecule has 4 rings (SSSR count). The van der Waals surface area contributed by atoms with Crippen molar-refractivity contribution in [1.29, 1.82) is 0 Å². The van der Waals surface area contributed by atoms with E-state index in [1.807, 2.05) is 12.1 Å². The molecule has 33 heavy (non-hydrogen) atoms. The Morgan fingerprint density at radius 2 is 2.00 bits per heavy atom. The molecule has 1 aromatic heterocycles. The number of nitrogens with zero attached hydrogens (tertiary/aromatic N) is 2. The Hall–Kier alpha value is -3.17. The van der Waals surface area contributed by atoms with E-state index >= 15 is 0 Å². The van der Waals surface area contributed by atoms with E-state index in [2.05, 4.69) is 27.8 Å². The molecule has 2 aliphatic heterocycles. The number of hydrogen-bond donors (Lipinski definition) is 3. The van der Waals surface area contributed by atoms with Crippen LogP contribution in [0.3, 0.4) is 0 Å². The summed E-state index contributed by atoms with van der Waals surface area (Å²) in [7, 11) is 1.37. The van der Waals surface area contributed by atoms with Gasteiger partial charge in [0.1, 0.15) is 6.10 Å². The van der Waals surface area contributed by atoms with Crippen LogP contribution in [0.1, 0.15) is 34.3 Å². The van der Waals surface area contributed by atoms with E-state index in [4.69, 9.17) is 9.47 Å². The van der Waals surface area contributed by atoms with Gasteiger partial charge in [0.2, 0.25) is 5.88 Å². The first-order valence-corrected chi connectivity index (χ1v) is 11.3. The summed E-state index contributed by atoms with van der Waals surface area (Å²) in [5, 5.41) is 16.7. The first-order chi connectivity index (χ1) is 16.0. The Balaban J connectivity index is 1.26. The van der Waals surface area contributed by atoms with Gasteiger partial charge < -0.3 is 30.1 Å². The summed E-state index contributed by atoms with van der Waals surface area (Å²) in [6, 6.07) is 11.3. The highest BCUT2D eigenvalue weighted by Gasteiger charge is 2.26. The fourth-order valence-corrected chi connectivity index (χ4v) is 4.26. The number of nitrogens with one attached hydrogen (secondary N) is 2. The van der Waals surface area contributed by atoms with Crippen LogP contribution in [-0.4, -0.2) is 72.0 Å². The topological polar surface area (TPSA) is 113 Å². The van der Waals surface area contributed by atoms with Crippen molar-refractivity contribution in [2.24, 2.45) is 0 Å². The van der Waals surface area contributed by atoms with E-state index in [-0.39, 0.29) is 30.7 Å². The van der Waals surface area contributed by atoms with Crippen LogP contribution < -0.4 is 15.4 Å². The molecule has 0 bridgehead atoms. The second-order valence-corrected chi connectivity index (χ2v) is 8.39. The number of likely N-dealkylation sites (tertiary alicyclic amines) is 1. The highest BCUT2D eigenvalue weighted by molar-refractivity contribution is 5.94. The number of hydrogen-bond acceptors (Lipinski definition) is 7. The molecule has 3 heterocycles. The Morgan fingerprint density at radius 1 is 1.24 bits per heavy atom. The number of carbonyl (C=O) groups excluding carboxylic acids is 2. The smallest absolute Gasteiger partial charge is 0.409 e. The number of ether oxygens (including phenoxy) is 2. The van der Waals surface area contributed by atoms with Gasteiger partial charge in [0.25, 0.3) is 5.91 Å². The molecule has 0 unspecified atom stereocenters. The maximum Gasteiger partial charge on any atom is 0.409 e. The summed E-state index contributed by atoms with van der Waals surface area (Å²) in [5.74, 6) is 0.0725. The van der Waals surface area contributed by atoms with Gasteiger partial charge in [0.15, 0.2) is 0 Å². The van der Waals surface area contributed by atoms with Gasteiger partial charge >= 0.3 is 6.09 Å². The van der Waals surface area contributed by atoms with Crippen molar-refractivity contribution in [3.8, 4) is 5.88 Å². The van der Waals surface area contributed by atoms with Crippen LogP contribution in [0.4, 0.5) is 4.79 Å². The minimum absolute atomic E-state index is 0.0845. The van der Waals surface area contributed by atoms with E-state index in [9.17, 15) is 14.7 Å². The maximum absolute atomic E-state index is 12.6. The molecule has 2 aliphatic rings. The Morgan fingerprint density at radius 3 is 2.76 bits per heavy atom. The quantitative estimate of drug-likeness (QED) is 0.606. The van der Waals surface area contributed by atoms with Crippen molar-refractivity contribution in [3.05, 3.63) is 59.3 Å². The van der Waals surface area contributed by atoms with Crippen molar-refractivity contribution in [2.75, 3.05) is 26.7 Å². The van der Waals surface area contributed by atoms with Gasteiger partial charge in [-0.1, -0.05) is 24.3 Å². The lowest BCUT2D eigenvalue weighted by Gasteiger charge is -2.30. The van der Waals surface area contributed by atoms with Crippen LogP contribution in [0, 0.1) is 0 Å². The molecule has 2 amide bonds. The number of rotatable bonds is 6. The van der Waals surface area contributed by atoms with Crippen LogP contribution in [0.2, 0.25) is 0 Å². The van der Waals surface area contributed by atoms with Gasteiger partial charge in [-0.25, -0.2) is 9.78 Å². The molecule has 0 saturated carbocycles. The average Bonchev–Trinajstić information content (AvgIpc) is 2.87. The van der Waals surface area contributed by atoms with Crippen molar-refractivity contribution in [3.63, 3.8) is 0 Å². The fourth-order valence-electron chi connectivity index (χ4n) is 4.26. The van der Waals surface area contributed by atoms with Gasteiger partial charge in [-0.05, 0) is 23.6 Å². The maximum atomic E-state index is 12.6. The summed E-state index contributed by atoms with van der Waals surface area (Å²) in [6.07, 6.45) is 2.45. The molecular weight excluding hydrogens is 424 g/mol. The number of methoxy groups -OCH3 is 1. The van der Waals surface area contributed by atoms with Crippen LogP contribution in [0.25, 0.3) is 0 Å². The number of aliphatic hydroxyl groups excluding tert-OH is 1. The first kappa shape index (κ1) is 23.0. The summed E-state index contributed by atoms with van der Waals surface area (Å²) >= 11 is 0. The molecule has 9 nitrogen and oxygen atoms in total. The molecule has 0 radical (unpaired) electrons. The van der Waals surface area contributed by atoms with E-state index < -0.39 is 6.10 Å². The number of aliphatic hydroxyl groups is 1. The molecule has 0 spiro atoms. The first-order valence-electron chi connectivity index (χ1n) is 11.3. The van der Waals surface area contributed by atoms with Crippen molar-refractivity contribution < 1.29 is 24.2 Å². The number of aromatic nitrogens is 1. The summed E-state index contributed by atoms with van der Waals surface area (Å²) in [4.78, 5) is 30.1. The number of carbonyl (C=O) groups is 2. The van der Waals surface area contributed by atoms with Crippen molar-refractivity contribution >= 4 is 12.0 Å². The Labute approximate surface area is 193 Å². The molecular formula is C24H30N4O5. The van der Waals surface area contributed by atoms with Crippen LogP contribution in [0.15, 0.2) is 42.6 Å². The number of fused-ring (bicyclic) bond motifs is 1. The largest absolute Gasteiger partial charge is 0.474 e. The van der Waals surface area contributed by atoms with E-state index in [1.165, 1.54) is 24.4 Å². The number of benzene rings is 1. The summed E-state index contributed by atoms with van der Waals surface area (Å²) in [5.41, 5.74) is 2.88. The fraction of sp³-hybridized carbons (Fsp3) is 0.458. The molecule has 1 saturated heterocycles. The third kappa shape index (κ3) is 5.80. The van der Waals surface area contributed by atoms with Crippen molar-refractivity contribution in [2.45, 2.75) is 44.1 Å². The molecule has 1 aromatic carbocycles.